The highest BCUT2D eigenvalue weighted by molar-refractivity contribution is 5.85. The molecular formula is C22H28ClNO2. The van der Waals surface area contributed by atoms with Gasteiger partial charge in [-0.25, -0.2) is 0 Å². The SMILES string of the molecule is Cl.NC[C@H]1CC[C@@H](Oc2ccc3c(c2)CCC(c2ccccc2)O3)CC1. The zero-order valence-electron chi connectivity index (χ0n) is 15.1. The minimum absolute atomic E-state index is 0. The average Bonchev–Trinajstić information content (AvgIpc) is 2.69. The van der Waals surface area contributed by atoms with E-state index in [1.807, 2.05) is 6.07 Å². The van der Waals surface area contributed by atoms with Gasteiger partial charge < -0.3 is 15.2 Å². The molecule has 1 aliphatic carbocycles. The first-order chi connectivity index (χ1) is 12.3. The van der Waals surface area contributed by atoms with Crippen molar-refractivity contribution in [1.29, 1.82) is 0 Å². The smallest absolute Gasteiger partial charge is 0.124 e. The lowest BCUT2D eigenvalue weighted by atomic mass is 9.87. The van der Waals surface area contributed by atoms with E-state index in [0.717, 1.165) is 43.7 Å². The fourth-order valence-electron chi connectivity index (χ4n) is 4.02. The van der Waals surface area contributed by atoms with Gasteiger partial charge in [0.25, 0.3) is 0 Å². The van der Waals surface area contributed by atoms with Crippen LogP contribution in [0.15, 0.2) is 48.5 Å². The second kappa shape index (κ2) is 8.79. The predicted molar refractivity (Wildman–Crippen MR) is 107 cm³/mol. The van der Waals surface area contributed by atoms with Gasteiger partial charge in [-0.05, 0) is 80.3 Å². The molecule has 1 saturated carbocycles. The molecule has 1 aliphatic heterocycles. The molecule has 1 heterocycles. The molecule has 2 aromatic rings. The summed E-state index contributed by atoms with van der Waals surface area (Å²) in [5.41, 5.74) is 8.29. The zero-order chi connectivity index (χ0) is 17.1. The van der Waals surface area contributed by atoms with E-state index in [0.29, 0.717) is 12.0 Å². The Kier molecular flexibility index (Phi) is 6.44. The van der Waals surface area contributed by atoms with E-state index < -0.39 is 0 Å². The molecule has 1 atom stereocenters. The standard InChI is InChI=1S/C22H27NO2.ClH/c23-15-16-6-9-19(10-7-16)24-20-11-13-22-18(14-20)8-12-21(25-22)17-4-2-1-3-5-17;/h1-5,11,13-14,16,19,21H,6-10,12,15,23H2;1H/t16-,19+,21?;. The Labute approximate surface area is 162 Å². The average molecular weight is 374 g/mol. The largest absolute Gasteiger partial charge is 0.490 e. The molecular weight excluding hydrogens is 346 g/mol. The van der Waals surface area contributed by atoms with E-state index in [1.165, 1.54) is 24.0 Å². The number of fused-ring (bicyclic) bond motifs is 1. The summed E-state index contributed by atoms with van der Waals surface area (Å²) in [7, 11) is 0. The Balaban J connectivity index is 0.00000196. The fourth-order valence-corrected chi connectivity index (χ4v) is 4.02. The van der Waals surface area contributed by atoms with Crippen LogP contribution < -0.4 is 15.2 Å². The predicted octanol–water partition coefficient (Wildman–Crippen LogP) is 5.07. The molecule has 1 unspecified atom stereocenters. The number of hydrogen-bond donors (Lipinski definition) is 1. The van der Waals surface area contributed by atoms with Crippen LogP contribution in [0.25, 0.3) is 0 Å². The van der Waals surface area contributed by atoms with Gasteiger partial charge in [0.05, 0.1) is 6.10 Å². The molecule has 2 N–H and O–H groups in total. The summed E-state index contributed by atoms with van der Waals surface area (Å²) in [5, 5.41) is 0. The number of halogens is 1. The van der Waals surface area contributed by atoms with Gasteiger partial charge in [-0.3, -0.25) is 0 Å². The molecule has 4 rings (SSSR count). The topological polar surface area (TPSA) is 44.5 Å². The summed E-state index contributed by atoms with van der Waals surface area (Å²) in [4.78, 5) is 0. The normalized spacial score (nSPS) is 24.7. The Bertz CT molecular complexity index is 699. The Morgan fingerprint density at radius 3 is 2.46 bits per heavy atom. The third-order valence-electron chi connectivity index (χ3n) is 5.58. The van der Waals surface area contributed by atoms with Crippen molar-refractivity contribution in [3.8, 4) is 11.5 Å². The first-order valence-electron chi connectivity index (χ1n) is 9.53. The van der Waals surface area contributed by atoms with Crippen LogP contribution in [0.2, 0.25) is 0 Å². The maximum Gasteiger partial charge on any atom is 0.124 e. The quantitative estimate of drug-likeness (QED) is 0.813. The number of benzene rings is 2. The molecule has 0 saturated heterocycles. The van der Waals surface area contributed by atoms with Gasteiger partial charge in [0.15, 0.2) is 0 Å². The van der Waals surface area contributed by atoms with Crippen LogP contribution in [0, 0.1) is 5.92 Å². The van der Waals surface area contributed by atoms with Crippen molar-refractivity contribution >= 4 is 12.4 Å². The number of aryl methyl sites for hydroxylation is 1. The van der Waals surface area contributed by atoms with Crippen LogP contribution in [0.3, 0.4) is 0 Å². The van der Waals surface area contributed by atoms with E-state index >= 15 is 0 Å². The minimum Gasteiger partial charge on any atom is -0.490 e. The number of hydrogen-bond acceptors (Lipinski definition) is 3. The molecule has 140 valence electrons. The first kappa shape index (κ1) is 19.1. The number of ether oxygens (including phenoxy) is 2. The lowest BCUT2D eigenvalue weighted by Crippen LogP contribution is -2.27. The maximum atomic E-state index is 6.23. The lowest BCUT2D eigenvalue weighted by molar-refractivity contribution is 0.132. The summed E-state index contributed by atoms with van der Waals surface area (Å²) in [6.45, 7) is 0.811. The maximum absolute atomic E-state index is 6.23. The summed E-state index contributed by atoms with van der Waals surface area (Å²) in [6.07, 6.45) is 7.15. The summed E-state index contributed by atoms with van der Waals surface area (Å²) < 4.78 is 12.5. The van der Waals surface area contributed by atoms with E-state index in [-0.39, 0.29) is 18.5 Å². The van der Waals surface area contributed by atoms with Crippen molar-refractivity contribution in [2.24, 2.45) is 11.7 Å². The van der Waals surface area contributed by atoms with Crippen LogP contribution in [-0.4, -0.2) is 12.6 Å². The van der Waals surface area contributed by atoms with Crippen molar-refractivity contribution in [3.63, 3.8) is 0 Å². The monoisotopic (exact) mass is 373 g/mol. The van der Waals surface area contributed by atoms with Crippen molar-refractivity contribution < 1.29 is 9.47 Å². The van der Waals surface area contributed by atoms with Crippen molar-refractivity contribution in [3.05, 3.63) is 59.7 Å². The van der Waals surface area contributed by atoms with Gasteiger partial charge in [-0.15, -0.1) is 12.4 Å². The van der Waals surface area contributed by atoms with Gasteiger partial charge in [-0.2, -0.15) is 0 Å². The Morgan fingerprint density at radius 1 is 0.962 bits per heavy atom. The molecule has 4 heteroatoms. The highest BCUT2D eigenvalue weighted by atomic mass is 35.5. The van der Waals surface area contributed by atoms with E-state index in [4.69, 9.17) is 15.2 Å². The Hall–Kier alpha value is -1.71. The van der Waals surface area contributed by atoms with Crippen LogP contribution in [0.1, 0.15) is 49.3 Å². The highest BCUT2D eigenvalue weighted by Crippen LogP contribution is 2.37. The molecule has 0 spiro atoms. The van der Waals surface area contributed by atoms with Crippen molar-refractivity contribution in [2.45, 2.75) is 50.7 Å². The third-order valence-corrected chi connectivity index (χ3v) is 5.58. The Morgan fingerprint density at radius 2 is 1.73 bits per heavy atom. The molecule has 0 amide bonds. The van der Waals surface area contributed by atoms with E-state index in [2.05, 4.69) is 42.5 Å². The second-order valence-corrected chi connectivity index (χ2v) is 7.32. The van der Waals surface area contributed by atoms with Crippen LogP contribution in [0.5, 0.6) is 11.5 Å². The first-order valence-corrected chi connectivity index (χ1v) is 9.53. The molecule has 0 bridgehead atoms. The summed E-state index contributed by atoms with van der Waals surface area (Å²) in [5.74, 6) is 2.67. The molecule has 2 aromatic carbocycles. The number of nitrogens with two attached hydrogens (primary N) is 1. The number of rotatable bonds is 4. The molecule has 0 radical (unpaired) electrons. The van der Waals surface area contributed by atoms with Crippen LogP contribution >= 0.6 is 12.4 Å². The van der Waals surface area contributed by atoms with Gasteiger partial charge in [0, 0.05) is 0 Å². The molecule has 1 fully saturated rings. The summed E-state index contributed by atoms with van der Waals surface area (Å²) >= 11 is 0. The second-order valence-electron chi connectivity index (χ2n) is 7.32. The zero-order valence-corrected chi connectivity index (χ0v) is 15.9. The van der Waals surface area contributed by atoms with E-state index in [9.17, 15) is 0 Å². The molecule has 0 aromatic heterocycles. The molecule has 3 nitrogen and oxygen atoms in total. The lowest BCUT2D eigenvalue weighted by Gasteiger charge is -2.29. The van der Waals surface area contributed by atoms with Crippen molar-refractivity contribution in [2.75, 3.05) is 6.54 Å². The summed E-state index contributed by atoms with van der Waals surface area (Å²) in [6, 6.07) is 16.8. The van der Waals surface area contributed by atoms with Crippen LogP contribution in [0.4, 0.5) is 0 Å². The molecule has 2 aliphatic rings. The van der Waals surface area contributed by atoms with Crippen molar-refractivity contribution in [1.82, 2.24) is 0 Å². The third kappa shape index (κ3) is 4.33. The fraction of sp³-hybridized carbons (Fsp3) is 0.455. The van der Waals surface area contributed by atoms with Crippen LogP contribution in [-0.2, 0) is 6.42 Å². The van der Waals surface area contributed by atoms with Gasteiger partial charge >= 0.3 is 0 Å². The highest BCUT2D eigenvalue weighted by Gasteiger charge is 2.24. The van der Waals surface area contributed by atoms with Gasteiger partial charge in [0.2, 0.25) is 0 Å². The van der Waals surface area contributed by atoms with Gasteiger partial charge in [0.1, 0.15) is 17.6 Å². The van der Waals surface area contributed by atoms with E-state index in [1.54, 1.807) is 0 Å². The van der Waals surface area contributed by atoms with Gasteiger partial charge in [-0.1, -0.05) is 30.3 Å². The minimum atomic E-state index is 0. The molecule has 26 heavy (non-hydrogen) atoms.